The smallest absolute Gasteiger partial charge is 0.264 e. The Labute approximate surface area is 168 Å². The van der Waals surface area contributed by atoms with Crippen molar-refractivity contribution in [1.82, 2.24) is 9.97 Å². The Bertz CT molecular complexity index is 1210. The quantitative estimate of drug-likeness (QED) is 0.588. The molecule has 29 heavy (non-hydrogen) atoms. The lowest BCUT2D eigenvalue weighted by Gasteiger charge is -2.10. The van der Waals surface area contributed by atoms with Crippen LogP contribution < -0.4 is 9.44 Å². The molecule has 0 bridgehead atoms. The second-order valence-electron chi connectivity index (χ2n) is 6.14. The molecule has 0 unspecified atom stereocenters. The molecular weight excluding hydrogens is 419 g/mol. The average molecular weight is 436 g/mol. The Morgan fingerprint density at radius 3 is 2.17 bits per heavy atom. The normalized spacial score (nSPS) is 11.8. The van der Waals surface area contributed by atoms with Crippen LogP contribution in [0.5, 0.6) is 0 Å². The number of aryl methyl sites for hydroxylation is 1. The summed E-state index contributed by atoms with van der Waals surface area (Å²) < 4.78 is 66.9. The second-order valence-corrected chi connectivity index (χ2v) is 9.54. The van der Waals surface area contributed by atoms with Crippen LogP contribution in [0.1, 0.15) is 11.3 Å². The number of nitrogens with one attached hydrogen (secondary N) is 2. The highest BCUT2D eigenvalue weighted by Crippen LogP contribution is 2.18. The third-order valence-corrected chi connectivity index (χ3v) is 6.33. The molecule has 11 heteroatoms. The van der Waals surface area contributed by atoms with Crippen molar-refractivity contribution in [2.45, 2.75) is 17.6 Å². The fraction of sp³-hybridized carbons (Fsp3) is 0.111. The summed E-state index contributed by atoms with van der Waals surface area (Å²) in [7, 11) is -7.69. The molecule has 152 valence electrons. The van der Waals surface area contributed by atoms with Crippen molar-refractivity contribution in [3.8, 4) is 0 Å². The Morgan fingerprint density at radius 2 is 1.55 bits per heavy atom. The Hall–Kier alpha value is -3.05. The third-order valence-electron chi connectivity index (χ3n) is 3.73. The van der Waals surface area contributed by atoms with E-state index in [0.717, 1.165) is 0 Å². The van der Waals surface area contributed by atoms with E-state index in [1.54, 1.807) is 13.0 Å². The van der Waals surface area contributed by atoms with Gasteiger partial charge < -0.3 is 0 Å². The molecule has 8 nitrogen and oxygen atoms in total. The Balaban J connectivity index is 1.71. The minimum Gasteiger partial charge on any atom is -0.283 e. The van der Waals surface area contributed by atoms with E-state index in [4.69, 9.17) is 0 Å². The van der Waals surface area contributed by atoms with Crippen molar-refractivity contribution in [1.29, 1.82) is 0 Å². The molecule has 1 aromatic heterocycles. The zero-order chi connectivity index (χ0) is 21.1. The highest BCUT2D eigenvalue weighted by Gasteiger charge is 2.17. The molecular formula is C18H17FN4O4S2. The molecule has 0 saturated carbocycles. The van der Waals surface area contributed by atoms with Gasteiger partial charge in [-0.2, -0.15) is 0 Å². The molecule has 0 fully saturated rings. The predicted molar refractivity (Wildman–Crippen MR) is 107 cm³/mol. The summed E-state index contributed by atoms with van der Waals surface area (Å²) >= 11 is 0. The fourth-order valence-electron chi connectivity index (χ4n) is 2.40. The maximum atomic E-state index is 12.9. The number of halogens is 1. The lowest BCUT2D eigenvalue weighted by molar-refractivity contribution is 0.599. The zero-order valence-corrected chi connectivity index (χ0v) is 16.8. The molecule has 0 radical (unpaired) electrons. The van der Waals surface area contributed by atoms with Gasteiger partial charge in [-0.15, -0.1) is 0 Å². The first-order chi connectivity index (χ1) is 13.6. The SMILES string of the molecule is Cc1ccnc(NS(=O)(=O)c2ccc(NS(=O)(=O)Cc3ccc(F)cc3)cc2)n1. The van der Waals surface area contributed by atoms with Gasteiger partial charge >= 0.3 is 0 Å². The van der Waals surface area contributed by atoms with Gasteiger partial charge in [0.2, 0.25) is 16.0 Å². The van der Waals surface area contributed by atoms with Gasteiger partial charge in [0.25, 0.3) is 10.0 Å². The number of hydrogen-bond donors (Lipinski definition) is 2. The number of sulfonamides is 2. The molecule has 0 aliphatic rings. The van der Waals surface area contributed by atoms with E-state index in [-0.39, 0.29) is 22.3 Å². The molecule has 0 saturated heterocycles. The third kappa shape index (κ3) is 5.72. The molecule has 0 spiro atoms. The highest BCUT2D eigenvalue weighted by molar-refractivity contribution is 7.92. The minimum atomic E-state index is -3.93. The zero-order valence-electron chi connectivity index (χ0n) is 15.2. The van der Waals surface area contributed by atoms with Crippen LogP contribution in [0.15, 0.2) is 65.7 Å². The van der Waals surface area contributed by atoms with Crippen LogP contribution in [-0.4, -0.2) is 26.8 Å². The molecule has 0 aliphatic carbocycles. The molecule has 0 atom stereocenters. The monoisotopic (exact) mass is 436 g/mol. The van der Waals surface area contributed by atoms with Gasteiger partial charge in [-0.05, 0) is 55.0 Å². The van der Waals surface area contributed by atoms with Crippen molar-refractivity contribution in [3.63, 3.8) is 0 Å². The van der Waals surface area contributed by atoms with Crippen molar-refractivity contribution in [3.05, 3.63) is 77.9 Å². The minimum absolute atomic E-state index is 0.0610. The van der Waals surface area contributed by atoms with E-state index in [0.29, 0.717) is 11.3 Å². The predicted octanol–water partition coefficient (Wildman–Crippen LogP) is 2.67. The van der Waals surface area contributed by atoms with Crippen LogP contribution in [0.25, 0.3) is 0 Å². The van der Waals surface area contributed by atoms with Crippen molar-refractivity contribution < 1.29 is 21.2 Å². The molecule has 1 heterocycles. The summed E-state index contributed by atoms with van der Waals surface area (Å²) in [6, 6.07) is 11.9. The largest absolute Gasteiger partial charge is 0.283 e. The first kappa shape index (κ1) is 20.7. The van der Waals surface area contributed by atoms with Gasteiger partial charge in [0.15, 0.2) is 0 Å². The number of benzene rings is 2. The van der Waals surface area contributed by atoms with Crippen molar-refractivity contribution >= 4 is 31.7 Å². The number of hydrogen-bond acceptors (Lipinski definition) is 6. The van der Waals surface area contributed by atoms with E-state index in [9.17, 15) is 21.2 Å². The van der Waals surface area contributed by atoms with Gasteiger partial charge in [-0.3, -0.25) is 4.72 Å². The summed E-state index contributed by atoms with van der Waals surface area (Å²) in [5.74, 6) is -0.866. The van der Waals surface area contributed by atoms with Gasteiger partial charge in [0, 0.05) is 17.6 Å². The average Bonchev–Trinajstić information content (AvgIpc) is 2.63. The number of anilines is 2. The Morgan fingerprint density at radius 1 is 0.897 bits per heavy atom. The number of aromatic nitrogens is 2. The van der Waals surface area contributed by atoms with E-state index >= 15 is 0 Å². The first-order valence-electron chi connectivity index (χ1n) is 8.30. The lowest BCUT2D eigenvalue weighted by atomic mass is 10.2. The van der Waals surface area contributed by atoms with Crippen molar-refractivity contribution in [2.24, 2.45) is 0 Å². The number of nitrogens with zero attached hydrogens (tertiary/aromatic N) is 2. The van der Waals surface area contributed by atoms with Crippen LogP contribution in [0, 0.1) is 12.7 Å². The summed E-state index contributed by atoms with van der Waals surface area (Å²) in [6.07, 6.45) is 1.43. The van der Waals surface area contributed by atoms with Gasteiger partial charge in [0.05, 0.1) is 10.6 Å². The van der Waals surface area contributed by atoms with Crippen LogP contribution in [-0.2, 0) is 25.8 Å². The highest BCUT2D eigenvalue weighted by atomic mass is 32.2. The molecule has 3 aromatic rings. The van der Waals surface area contributed by atoms with Gasteiger partial charge in [-0.25, -0.2) is 35.9 Å². The fourth-order valence-corrected chi connectivity index (χ4v) is 4.54. The van der Waals surface area contributed by atoms with Crippen LogP contribution >= 0.6 is 0 Å². The molecule has 2 aromatic carbocycles. The maximum absolute atomic E-state index is 12.9. The summed E-state index contributed by atoms with van der Waals surface area (Å²) in [4.78, 5) is 7.74. The van der Waals surface area contributed by atoms with E-state index in [1.165, 1.54) is 54.7 Å². The van der Waals surface area contributed by atoms with Crippen LogP contribution in [0.2, 0.25) is 0 Å². The summed E-state index contributed by atoms with van der Waals surface area (Å²) in [5.41, 5.74) is 1.21. The van der Waals surface area contributed by atoms with Crippen molar-refractivity contribution in [2.75, 3.05) is 9.44 Å². The van der Waals surface area contributed by atoms with E-state index < -0.39 is 25.9 Å². The Kier molecular flexibility index (Phi) is 5.80. The topological polar surface area (TPSA) is 118 Å². The van der Waals surface area contributed by atoms with Gasteiger partial charge in [-0.1, -0.05) is 12.1 Å². The molecule has 2 N–H and O–H groups in total. The first-order valence-corrected chi connectivity index (χ1v) is 11.4. The molecule has 3 rings (SSSR count). The molecule has 0 amide bonds. The van der Waals surface area contributed by atoms with Crippen LogP contribution in [0.4, 0.5) is 16.0 Å². The summed E-state index contributed by atoms with van der Waals surface area (Å²) in [6.45, 7) is 1.70. The van der Waals surface area contributed by atoms with Crippen LogP contribution in [0.3, 0.4) is 0 Å². The van der Waals surface area contributed by atoms with E-state index in [2.05, 4.69) is 19.4 Å². The standard InChI is InChI=1S/C18H17FN4O4S2/c1-13-10-11-20-18(21-13)23-29(26,27)17-8-6-16(7-9-17)22-28(24,25)12-14-2-4-15(19)5-3-14/h2-11,22H,12H2,1H3,(H,20,21,23). The van der Waals surface area contributed by atoms with E-state index in [1.807, 2.05) is 0 Å². The van der Waals surface area contributed by atoms with Gasteiger partial charge in [0.1, 0.15) is 5.82 Å². The summed E-state index contributed by atoms with van der Waals surface area (Å²) in [5, 5.41) is 0. The number of rotatable bonds is 7. The second kappa shape index (κ2) is 8.13. The maximum Gasteiger partial charge on any atom is 0.264 e. The lowest BCUT2D eigenvalue weighted by Crippen LogP contribution is -2.16. The molecule has 0 aliphatic heterocycles.